The molecule has 136 valence electrons. The number of aromatic nitrogens is 2. The van der Waals surface area contributed by atoms with Crippen LogP contribution in [0.15, 0.2) is 48.5 Å². The molecule has 1 aliphatic rings. The summed E-state index contributed by atoms with van der Waals surface area (Å²) in [6.07, 6.45) is 0. The first kappa shape index (κ1) is 16.9. The second-order valence-corrected chi connectivity index (χ2v) is 6.97. The van der Waals surface area contributed by atoms with Gasteiger partial charge in [-0.3, -0.25) is 0 Å². The third-order valence-electron chi connectivity index (χ3n) is 5.25. The summed E-state index contributed by atoms with van der Waals surface area (Å²) in [5.41, 5.74) is 4.52. The number of para-hydroxylation sites is 2. The van der Waals surface area contributed by atoms with Crippen LogP contribution < -0.4 is 10.2 Å². The first-order valence-corrected chi connectivity index (χ1v) is 9.51. The van der Waals surface area contributed by atoms with Crippen LogP contribution in [-0.4, -0.2) is 47.6 Å². The summed E-state index contributed by atoms with van der Waals surface area (Å²) in [4.78, 5) is 13.1. The Labute approximate surface area is 155 Å². The third kappa shape index (κ3) is 3.53. The topological polar surface area (TPSA) is 47.2 Å². The van der Waals surface area contributed by atoms with Gasteiger partial charge in [0.05, 0.1) is 17.1 Å². The molecule has 0 bridgehead atoms. The van der Waals surface area contributed by atoms with Gasteiger partial charge in [0, 0.05) is 37.6 Å². The molecule has 5 nitrogen and oxygen atoms in total. The Morgan fingerprint density at radius 3 is 2.46 bits per heavy atom. The van der Waals surface area contributed by atoms with Gasteiger partial charge in [0.1, 0.15) is 5.82 Å². The van der Waals surface area contributed by atoms with Crippen LogP contribution in [0.1, 0.15) is 25.7 Å². The third-order valence-corrected chi connectivity index (χ3v) is 5.25. The normalized spacial score (nSPS) is 16.8. The van der Waals surface area contributed by atoms with Gasteiger partial charge >= 0.3 is 0 Å². The van der Waals surface area contributed by atoms with Crippen molar-refractivity contribution in [3.63, 3.8) is 0 Å². The van der Waals surface area contributed by atoms with Crippen LogP contribution in [0.5, 0.6) is 0 Å². The fourth-order valence-corrected chi connectivity index (χ4v) is 3.59. The van der Waals surface area contributed by atoms with Crippen molar-refractivity contribution in [2.75, 3.05) is 42.9 Å². The number of hydrogen-bond donors (Lipinski definition) is 2. The van der Waals surface area contributed by atoms with Crippen LogP contribution in [0.3, 0.4) is 0 Å². The van der Waals surface area contributed by atoms with Crippen molar-refractivity contribution in [2.24, 2.45) is 0 Å². The van der Waals surface area contributed by atoms with E-state index in [0.29, 0.717) is 0 Å². The predicted octanol–water partition coefficient (Wildman–Crippen LogP) is 3.88. The minimum atomic E-state index is 0.126. The molecule has 1 saturated heterocycles. The molecule has 4 rings (SSSR count). The van der Waals surface area contributed by atoms with Crippen LogP contribution >= 0.6 is 0 Å². The average Bonchev–Trinajstić information content (AvgIpc) is 3.13. The lowest BCUT2D eigenvalue weighted by atomic mass is 10.2. The summed E-state index contributed by atoms with van der Waals surface area (Å²) in [5.74, 6) is 0.964. The van der Waals surface area contributed by atoms with Crippen molar-refractivity contribution >= 4 is 22.4 Å². The van der Waals surface area contributed by atoms with Gasteiger partial charge in [-0.2, -0.15) is 0 Å². The predicted molar refractivity (Wildman–Crippen MR) is 109 cm³/mol. The Morgan fingerprint density at radius 2 is 1.77 bits per heavy atom. The summed E-state index contributed by atoms with van der Waals surface area (Å²) in [7, 11) is 0. The molecule has 0 spiro atoms. The number of benzene rings is 2. The maximum Gasteiger partial charge on any atom is 0.129 e. The Balaban J connectivity index is 1.40. The van der Waals surface area contributed by atoms with Crippen molar-refractivity contribution in [3.8, 4) is 0 Å². The van der Waals surface area contributed by atoms with Gasteiger partial charge < -0.3 is 20.1 Å². The van der Waals surface area contributed by atoms with Gasteiger partial charge in [0.15, 0.2) is 0 Å². The van der Waals surface area contributed by atoms with Gasteiger partial charge in [-0.1, -0.05) is 19.1 Å². The van der Waals surface area contributed by atoms with Crippen LogP contribution in [-0.2, 0) is 0 Å². The van der Waals surface area contributed by atoms with Crippen LogP contribution in [0.2, 0.25) is 0 Å². The number of anilines is 2. The summed E-state index contributed by atoms with van der Waals surface area (Å²) < 4.78 is 0. The van der Waals surface area contributed by atoms with Crippen molar-refractivity contribution < 1.29 is 0 Å². The lowest BCUT2D eigenvalue weighted by Crippen LogP contribution is -2.46. The minimum Gasteiger partial charge on any atom is -0.375 e. The molecule has 3 aromatic rings. The minimum absolute atomic E-state index is 0.126. The highest BCUT2D eigenvalue weighted by atomic mass is 15.3. The fourth-order valence-electron chi connectivity index (χ4n) is 3.59. The second-order valence-electron chi connectivity index (χ2n) is 6.97. The Kier molecular flexibility index (Phi) is 4.80. The molecule has 2 aromatic carbocycles. The number of H-pyrrole nitrogens is 1. The molecule has 0 aliphatic carbocycles. The highest BCUT2D eigenvalue weighted by Gasteiger charge is 2.16. The number of nitrogens with one attached hydrogen (secondary N) is 2. The summed E-state index contributed by atoms with van der Waals surface area (Å²) >= 11 is 0. The molecule has 1 atom stereocenters. The van der Waals surface area contributed by atoms with E-state index in [1.165, 1.54) is 5.69 Å². The molecule has 2 heterocycles. The van der Waals surface area contributed by atoms with E-state index in [9.17, 15) is 0 Å². The van der Waals surface area contributed by atoms with Crippen molar-refractivity contribution in [1.82, 2.24) is 14.9 Å². The van der Waals surface area contributed by atoms with E-state index < -0.39 is 0 Å². The molecule has 2 N–H and O–H groups in total. The van der Waals surface area contributed by atoms with Gasteiger partial charge in [-0.05, 0) is 49.9 Å². The highest BCUT2D eigenvalue weighted by molar-refractivity contribution is 5.75. The molecule has 5 heteroatoms. The van der Waals surface area contributed by atoms with Crippen molar-refractivity contribution in [2.45, 2.75) is 19.9 Å². The first-order chi connectivity index (χ1) is 12.7. The summed E-state index contributed by atoms with van der Waals surface area (Å²) in [6.45, 7) is 10.0. The number of piperazine rings is 1. The van der Waals surface area contributed by atoms with Gasteiger partial charge in [0.25, 0.3) is 0 Å². The number of aromatic amines is 1. The lowest BCUT2D eigenvalue weighted by molar-refractivity contribution is 0.271. The van der Waals surface area contributed by atoms with Crippen molar-refractivity contribution in [3.05, 3.63) is 54.4 Å². The molecule has 0 radical (unpaired) electrons. The van der Waals surface area contributed by atoms with Gasteiger partial charge in [-0.25, -0.2) is 4.98 Å². The SMILES string of the molecule is CCN1CCN(c2ccc(NC(C)c3nc4ccccc4[nH]3)cc2)CC1. The van der Waals surface area contributed by atoms with E-state index in [0.717, 1.165) is 55.3 Å². The standard InChI is InChI=1S/C21H27N5/c1-3-25-12-14-26(15-13-25)18-10-8-17(9-11-18)22-16(2)21-23-19-6-4-5-7-20(19)24-21/h4-11,16,22H,3,12-15H2,1-2H3,(H,23,24). The number of fused-ring (bicyclic) bond motifs is 1. The van der Waals surface area contributed by atoms with E-state index in [2.05, 4.69) is 69.3 Å². The molecule has 1 aliphatic heterocycles. The lowest BCUT2D eigenvalue weighted by Gasteiger charge is -2.35. The largest absolute Gasteiger partial charge is 0.375 e. The number of hydrogen-bond acceptors (Lipinski definition) is 4. The monoisotopic (exact) mass is 349 g/mol. The van der Waals surface area contributed by atoms with E-state index in [1.807, 2.05) is 18.2 Å². The fraction of sp³-hybridized carbons (Fsp3) is 0.381. The smallest absolute Gasteiger partial charge is 0.129 e. The zero-order valence-electron chi connectivity index (χ0n) is 15.6. The molecule has 0 amide bonds. The quantitative estimate of drug-likeness (QED) is 0.734. The molecule has 1 fully saturated rings. The maximum absolute atomic E-state index is 4.68. The summed E-state index contributed by atoms with van der Waals surface area (Å²) in [6, 6.07) is 17.0. The van der Waals surface area contributed by atoms with Crippen molar-refractivity contribution in [1.29, 1.82) is 0 Å². The first-order valence-electron chi connectivity index (χ1n) is 9.51. The van der Waals surface area contributed by atoms with E-state index in [4.69, 9.17) is 0 Å². The molecular weight excluding hydrogens is 322 g/mol. The molecule has 0 saturated carbocycles. The van der Waals surface area contributed by atoms with Gasteiger partial charge in [0.2, 0.25) is 0 Å². The molecule has 1 unspecified atom stereocenters. The zero-order valence-corrected chi connectivity index (χ0v) is 15.6. The van der Waals surface area contributed by atoms with E-state index in [-0.39, 0.29) is 6.04 Å². The summed E-state index contributed by atoms with van der Waals surface area (Å²) in [5, 5.41) is 3.54. The molecule has 1 aromatic heterocycles. The second kappa shape index (κ2) is 7.38. The zero-order chi connectivity index (χ0) is 17.9. The highest BCUT2D eigenvalue weighted by Crippen LogP contribution is 2.23. The maximum atomic E-state index is 4.68. The number of rotatable bonds is 5. The van der Waals surface area contributed by atoms with Crippen LogP contribution in [0.25, 0.3) is 11.0 Å². The van der Waals surface area contributed by atoms with E-state index in [1.54, 1.807) is 0 Å². The average molecular weight is 349 g/mol. The molecule has 26 heavy (non-hydrogen) atoms. The van der Waals surface area contributed by atoms with Crippen LogP contribution in [0.4, 0.5) is 11.4 Å². The Morgan fingerprint density at radius 1 is 1.04 bits per heavy atom. The van der Waals surface area contributed by atoms with E-state index >= 15 is 0 Å². The number of imidazole rings is 1. The Bertz CT molecular complexity index is 813. The van der Waals surface area contributed by atoms with Gasteiger partial charge in [-0.15, -0.1) is 0 Å². The number of likely N-dealkylation sites (N-methyl/N-ethyl adjacent to an activating group) is 1. The Hall–Kier alpha value is -2.53. The number of nitrogens with zero attached hydrogens (tertiary/aromatic N) is 3. The molecular formula is C21H27N5. The van der Waals surface area contributed by atoms with Crippen LogP contribution in [0, 0.1) is 0 Å².